The molecule has 0 atom stereocenters. The summed E-state index contributed by atoms with van der Waals surface area (Å²) < 4.78 is 26.7. The highest BCUT2D eigenvalue weighted by atomic mass is 32.2. The topological polar surface area (TPSA) is 76.3 Å². The van der Waals surface area contributed by atoms with Crippen LogP contribution in [0.5, 0.6) is 0 Å². The minimum Gasteiger partial charge on any atom is -0.388 e. The fourth-order valence-electron chi connectivity index (χ4n) is 2.65. The van der Waals surface area contributed by atoms with E-state index in [1.165, 1.54) is 16.6 Å². The van der Waals surface area contributed by atoms with E-state index in [-0.39, 0.29) is 15.9 Å². The van der Waals surface area contributed by atoms with Gasteiger partial charge in [0.05, 0.1) is 5.69 Å². The number of pyridine rings is 1. The lowest BCUT2D eigenvalue weighted by molar-refractivity contribution is 0.246. The summed E-state index contributed by atoms with van der Waals surface area (Å²) in [4.78, 5) is 4.36. The van der Waals surface area contributed by atoms with E-state index in [0.29, 0.717) is 11.6 Å². The Morgan fingerprint density at radius 1 is 1.33 bits per heavy atom. The van der Waals surface area contributed by atoms with E-state index in [1.807, 2.05) is 0 Å². The van der Waals surface area contributed by atoms with E-state index in [4.69, 9.17) is 18.0 Å². The molecule has 0 radical (unpaired) electrons. The molecule has 1 heterocycles. The molecule has 1 aliphatic rings. The lowest BCUT2D eigenvalue weighted by atomic mass is 9.87. The second-order valence-corrected chi connectivity index (χ2v) is 8.12. The minimum atomic E-state index is -3.51. The van der Waals surface area contributed by atoms with E-state index in [2.05, 4.69) is 11.9 Å². The lowest BCUT2D eigenvalue weighted by Gasteiger charge is -2.32. The van der Waals surface area contributed by atoms with Gasteiger partial charge in [-0.05, 0) is 43.7 Å². The zero-order valence-corrected chi connectivity index (χ0v) is 14.0. The zero-order chi connectivity index (χ0) is 15.6. The fourth-order valence-corrected chi connectivity index (χ4v) is 4.13. The number of nitrogens with zero attached hydrogens (tertiary/aromatic N) is 2. The molecular weight excluding hydrogens is 306 g/mol. The number of hydrogen-bond acceptors (Lipinski definition) is 4. The van der Waals surface area contributed by atoms with Crippen LogP contribution in [-0.2, 0) is 10.0 Å². The van der Waals surface area contributed by atoms with Crippen molar-refractivity contribution in [3.8, 4) is 0 Å². The molecule has 1 aromatic rings. The van der Waals surface area contributed by atoms with Crippen LogP contribution in [0.15, 0.2) is 23.2 Å². The molecule has 0 aromatic carbocycles. The van der Waals surface area contributed by atoms with Gasteiger partial charge in [0.2, 0.25) is 10.0 Å². The van der Waals surface area contributed by atoms with Gasteiger partial charge in [-0.1, -0.05) is 19.1 Å². The van der Waals surface area contributed by atoms with Crippen LogP contribution in [0.4, 0.5) is 0 Å². The molecule has 0 unspecified atom stereocenters. The van der Waals surface area contributed by atoms with Crippen molar-refractivity contribution in [1.82, 2.24) is 9.29 Å². The smallest absolute Gasteiger partial charge is 0.244 e. The number of sulfonamides is 1. The summed E-state index contributed by atoms with van der Waals surface area (Å²) in [7, 11) is -1.86. The average molecular weight is 327 g/mol. The molecule has 1 aromatic heterocycles. The molecule has 7 heteroatoms. The van der Waals surface area contributed by atoms with Gasteiger partial charge in [-0.25, -0.2) is 8.42 Å². The van der Waals surface area contributed by atoms with E-state index >= 15 is 0 Å². The third kappa shape index (κ3) is 3.59. The Morgan fingerprint density at radius 3 is 2.43 bits per heavy atom. The summed E-state index contributed by atoms with van der Waals surface area (Å²) in [6.07, 6.45) is 5.29. The Labute approximate surface area is 131 Å². The minimum absolute atomic E-state index is 0.0708. The van der Waals surface area contributed by atoms with Crippen LogP contribution in [-0.4, -0.2) is 35.8 Å². The molecule has 1 aliphatic carbocycles. The first kappa shape index (κ1) is 16.3. The van der Waals surface area contributed by atoms with Crippen molar-refractivity contribution in [3.63, 3.8) is 0 Å². The highest BCUT2D eigenvalue weighted by Crippen LogP contribution is 2.29. The molecular formula is C14H21N3O2S2. The summed E-state index contributed by atoms with van der Waals surface area (Å²) in [6.45, 7) is 2.21. The zero-order valence-electron chi connectivity index (χ0n) is 12.3. The summed E-state index contributed by atoms with van der Waals surface area (Å²) in [6, 6.07) is 3.13. The van der Waals surface area contributed by atoms with Crippen LogP contribution >= 0.6 is 12.2 Å². The quantitative estimate of drug-likeness (QED) is 0.855. The monoisotopic (exact) mass is 327 g/mol. The summed E-state index contributed by atoms with van der Waals surface area (Å²) in [5.41, 5.74) is 5.90. The summed E-state index contributed by atoms with van der Waals surface area (Å²) >= 11 is 4.82. The highest BCUT2D eigenvalue weighted by molar-refractivity contribution is 7.89. The number of thiocarbonyl (C=S) groups is 1. The first-order chi connectivity index (χ1) is 9.82. The van der Waals surface area contributed by atoms with E-state index in [9.17, 15) is 8.42 Å². The standard InChI is InChI=1S/C14H21N3O2S2/c1-10-3-5-11(6-4-10)17(2)21(18,19)12-7-8-13(14(15)20)16-9-12/h7-11H,3-6H2,1-2H3,(H2,15,20). The van der Waals surface area contributed by atoms with Crippen LogP contribution in [0.2, 0.25) is 0 Å². The van der Waals surface area contributed by atoms with Crippen LogP contribution in [0.3, 0.4) is 0 Å². The Bertz CT molecular complexity index is 606. The SMILES string of the molecule is CC1CCC(N(C)S(=O)(=O)c2ccc(C(N)=S)nc2)CC1. The maximum Gasteiger partial charge on any atom is 0.244 e. The van der Waals surface area contributed by atoms with Crippen LogP contribution in [0.1, 0.15) is 38.3 Å². The van der Waals surface area contributed by atoms with Crippen molar-refractivity contribution in [2.24, 2.45) is 11.7 Å². The molecule has 1 fully saturated rings. The molecule has 2 rings (SSSR count). The van der Waals surface area contributed by atoms with E-state index < -0.39 is 10.0 Å². The predicted molar refractivity (Wildman–Crippen MR) is 86.5 cm³/mol. The lowest BCUT2D eigenvalue weighted by Crippen LogP contribution is -2.39. The highest BCUT2D eigenvalue weighted by Gasteiger charge is 2.30. The van der Waals surface area contributed by atoms with Crippen molar-refractivity contribution in [3.05, 3.63) is 24.0 Å². The molecule has 5 nitrogen and oxygen atoms in total. The first-order valence-corrected chi connectivity index (χ1v) is 8.91. The Kier molecular flexibility index (Phi) is 4.95. The van der Waals surface area contributed by atoms with E-state index in [0.717, 1.165) is 25.7 Å². The Hall–Kier alpha value is -1.05. The molecule has 21 heavy (non-hydrogen) atoms. The van der Waals surface area contributed by atoms with Gasteiger partial charge in [0.25, 0.3) is 0 Å². The fraction of sp³-hybridized carbons (Fsp3) is 0.571. The Morgan fingerprint density at radius 2 is 1.95 bits per heavy atom. The number of hydrogen-bond donors (Lipinski definition) is 1. The molecule has 0 spiro atoms. The van der Waals surface area contributed by atoms with Gasteiger partial charge in [0, 0.05) is 19.3 Å². The van der Waals surface area contributed by atoms with Gasteiger partial charge < -0.3 is 5.73 Å². The summed E-state index contributed by atoms with van der Waals surface area (Å²) in [5, 5.41) is 0. The molecule has 0 amide bonds. The molecule has 116 valence electrons. The number of aromatic nitrogens is 1. The summed E-state index contributed by atoms with van der Waals surface area (Å²) in [5.74, 6) is 0.684. The normalized spacial score (nSPS) is 23.2. The van der Waals surface area contributed by atoms with Crippen molar-refractivity contribution >= 4 is 27.2 Å². The largest absolute Gasteiger partial charge is 0.388 e. The molecule has 0 bridgehead atoms. The maximum absolute atomic E-state index is 12.6. The average Bonchev–Trinajstić information content (AvgIpc) is 2.47. The Balaban J connectivity index is 2.18. The van der Waals surface area contributed by atoms with Gasteiger partial charge in [0.15, 0.2) is 0 Å². The number of rotatable bonds is 4. The van der Waals surface area contributed by atoms with Gasteiger partial charge >= 0.3 is 0 Å². The van der Waals surface area contributed by atoms with Crippen molar-refractivity contribution in [2.75, 3.05) is 7.05 Å². The molecule has 1 saturated carbocycles. The maximum atomic E-state index is 12.6. The molecule has 0 aliphatic heterocycles. The predicted octanol–water partition coefficient (Wildman–Crippen LogP) is 1.92. The van der Waals surface area contributed by atoms with Crippen LogP contribution < -0.4 is 5.73 Å². The molecule has 2 N–H and O–H groups in total. The number of nitrogens with two attached hydrogens (primary N) is 1. The van der Waals surface area contributed by atoms with Gasteiger partial charge in [-0.15, -0.1) is 0 Å². The van der Waals surface area contributed by atoms with Crippen molar-refractivity contribution in [2.45, 2.75) is 43.5 Å². The van der Waals surface area contributed by atoms with Gasteiger partial charge in [0.1, 0.15) is 9.88 Å². The second kappa shape index (κ2) is 6.37. The van der Waals surface area contributed by atoms with Crippen LogP contribution in [0.25, 0.3) is 0 Å². The van der Waals surface area contributed by atoms with Gasteiger partial charge in [-0.2, -0.15) is 4.31 Å². The van der Waals surface area contributed by atoms with E-state index in [1.54, 1.807) is 13.1 Å². The third-order valence-electron chi connectivity index (χ3n) is 4.17. The first-order valence-electron chi connectivity index (χ1n) is 7.06. The third-order valence-corrected chi connectivity index (χ3v) is 6.27. The van der Waals surface area contributed by atoms with Crippen molar-refractivity contribution in [1.29, 1.82) is 0 Å². The van der Waals surface area contributed by atoms with Crippen molar-refractivity contribution < 1.29 is 8.42 Å². The second-order valence-electron chi connectivity index (χ2n) is 5.68. The van der Waals surface area contributed by atoms with Gasteiger partial charge in [-0.3, -0.25) is 4.98 Å². The molecule has 0 saturated heterocycles. The van der Waals surface area contributed by atoms with Crippen LogP contribution in [0, 0.1) is 5.92 Å².